The fraction of sp³-hybridized carbons (Fsp3) is 0.438. The molecule has 1 aliphatic rings. The standard InChI is InChI=1S/C16H22N6/c1-5-17-16-19-12(4)14-9-13(22-8-6-7-18-22)10-21(11(2)3)15(14)20-16/h6-9,11H,5,10H2,1-4H3,(H,17,19,20). The molecule has 2 aromatic heterocycles. The van der Waals surface area contributed by atoms with Gasteiger partial charge in [-0.1, -0.05) is 0 Å². The summed E-state index contributed by atoms with van der Waals surface area (Å²) in [7, 11) is 0. The van der Waals surface area contributed by atoms with E-state index in [0.717, 1.165) is 35.9 Å². The van der Waals surface area contributed by atoms with Gasteiger partial charge in [0.1, 0.15) is 5.82 Å². The van der Waals surface area contributed by atoms with Crippen molar-refractivity contribution in [1.82, 2.24) is 19.7 Å². The summed E-state index contributed by atoms with van der Waals surface area (Å²) in [5, 5.41) is 7.56. The number of rotatable bonds is 4. The quantitative estimate of drug-likeness (QED) is 0.940. The van der Waals surface area contributed by atoms with Gasteiger partial charge in [0.05, 0.1) is 17.9 Å². The minimum Gasteiger partial charge on any atom is -0.354 e. The molecule has 1 N–H and O–H groups in total. The summed E-state index contributed by atoms with van der Waals surface area (Å²) in [5.41, 5.74) is 3.19. The molecule has 3 rings (SSSR count). The van der Waals surface area contributed by atoms with E-state index in [9.17, 15) is 0 Å². The SMILES string of the molecule is CCNc1nc(C)c2c(n1)N(C(C)C)CC(n1cccn1)=C2. The van der Waals surface area contributed by atoms with Crippen molar-refractivity contribution in [2.24, 2.45) is 0 Å². The summed E-state index contributed by atoms with van der Waals surface area (Å²) in [5.74, 6) is 1.69. The maximum atomic E-state index is 4.71. The molecule has 1 aliphatic heterocycles. The van der Waals surface area contributed by atoms with Crippen molar-refractivity contribution >= 4 is 23.5 Å². The molecule has 0 radical (unpaired) electrons. The Morgan fingerprint density at radius 2 is 2.14 bits per heavy atom. The van der Waals surface area contributed by atoms with Crippen LogP contribution >= 0.6 is 0 Å². The highest BCUT2D eigenvalue weighted by Crippen LogP contribution is 2.32. The molecular weight excluding hydrogens is 276 g/mol. The Hall–Kier alpha value is -2.37. The summed E-state index contributed by atoms with van der Waals surface area (Å²) in [6.07, 6.45) is 5.92. The molecule has 116 valence electrons. The topological polar surface area (TPSA) is 58.9 Å². The van der Waals surface area contributed by atoms with Gasteiger partial charge in [-0.05, 0) is 39.8 Å². The van der Waals surface area contributed by atoms with E-state index in [0.29, 0.717) is 12.0 Å². The van der Waals surface area contributed by atoms with E-state index in [2.05, 4.69) is 40.2 Å². The first-order valence-corrected chi connectivity index (χ1v) is 7.70. The third-order valence-corrected chi connectivity index (χ3v) is 3.79. The Balaban J connectivity index is 2.12. The summed E-state index contributed by atoms with van der Waals surface area (Å²) in [6.45, 7) is 10.0. The summed E-state index contributed by atoms with van der Waals surface area (Å²) in [4.78, 5) is 11.6. The molecule has 0 spiro atoms. The van der Waals surface area contributed by atoms with E-state index in [1.54, 1.807) is 6.20 Å². The third-order valence-electron chi connectivity index (χ3n) is 3.79. The molecule has 6 nitrogen and oxygen atoms in total. The molecule has 0 saturated carbocycles. The number of aromatic nitrogens is 4. The van der Waals surface area contributed by atoms with Crippen LogP contribution in [0.15, 0.2) is 18.5 Å². The number of anilines is 2. The van der Waals surface area contributed by atoms with Gasteiger partial charge in [-0.3, -0.25) is 0 Å². The van der Waals surface area contributed by atoms with Crippen molar-refractivity contribution in [3.8, 4) is 0 Å². The third kappa shape index (κ3) is 2.56. The molecule has 0 fully saturated rings. The van der Waals surface area contributed by atoms with E-state index < -0.39 is 0 Å². The first kappa shape index (κ1) is 14.6. The van der Waals surface area contributed by atoms with Gasteiger partial charge in [0.2, 0.25) is 5.95 Å². The Morgan fingerprint density at radius 1 is 1.32 bits per heavy atom. The average molecular weight is 298 g/mol. The lowest BCUT2D eigenvalue weighted by atomic mass is 10.1. The maximum absolute atomic E-state index is 4.71. The van der Waals surface area contributed by atoms with E-state index >= 15 is 0 Å². The Morgan fingerprint density at radius 3 is 2.77 bits per heavy atom. The Kier molecular flexibility index (Phi) is 3.83. The van der Waals surface area contributed by atoms with Crippen molar-refractivity contribution in [3.63, 3.8) is 0 Å². The van der Waals surface area contributed by atoms with E-state index in [-0.39, 0.29) is 0 Å². The fourth-order valence-electron chi connectivity index (χ4n) is 2.66. The predicted octanol–water partition coefficient (Wildman–Crippen LogP) is 2.64. The summed E-state index contributed by atoms with van der Waals surface area (Å²) < 4.78 is 1.91. The van der Waals surface area contributed by atoms with Crippen LogP contribution in [-0.2, 0) is 0 Å². The summed E-state index contributed by atoms with van der Waals surface area (Å²) in [6, 6.07) is 2.29. The van der Waals surface area contributed by atoms with Crippen molar-refractivity contribution < 1.29 is 0 Å². The second kappa shape index (κ2) is 5.79. The molecule has 6 heteroatoms. The second-order valence-electron chi connectivity index (χ2n) is 5.71. The first-order valence-electron chi connectivity index (χ1n) is 7.70. The van der Waals surface area contributed by atoms with Crippen molar-refractivity contribution in [3.05, 3.63) is 29.7 Å². The average Bonchev–Trinajstić information content (AvgIpc) is 3.01. The van der Waals surface area contributed by atoms with Crippen LogP contribution in [0.1, 0.15) is 32.0 Å². The molecule has 0 saturated heterocycles. The molecule has 22 heavy (non-hydrogen) atoms. The smallest absolute Gasteiger partial charge is 0.224 e. The zero-order chi connectivity index (χ0) is 15.7. The second-order valence-corrected chi connectivity index (χ2v) is 5.71. The van der Waals surface area contributed by atoms with Gasteiger partial charge in [-0.15, -0.1) is 0 Å². The van der Waals surface area contributed by atoms with Gasteiger partial charge in [0.25, 0.3) is 0 Å². The predicted molar refractivity (Wildman–Crippen MR) is 89.8 cm³/mol. The van der Waals surface area contributed by atoms with Crippen molar-refractivity contribution in [1.29, 1.82) is 0 Å². The van der Waals surface area contributed by atoms with Gasteiger partial charge in [0, 0.05) is 30.5 Å². The van der Waals surface area contributed by atoms with E-state index in [1.165, 1.54) is 0 Å². The zero-order valence-electron chi connectivity index (χ0n) is 13.5. The lowest BCUT2D eigenvalue weighted by Gasteiger charge is -2.34. The molecule has 0 atom stereocenters. The number of fused-ring (bicyclic) bond motifs is 1. The minimum absolute atomic E-state index is 0.349. The van der Waals surface area contributed by atoms with Crippen LogP contribution in [0.25, 0.3) is 11.8 Å². The van der Waals surface area contributed by atoms with Crippen LogP contribution in [-0.4, -0.2) is 38.9 Å². The number of nitrogens with zero attached hydrogens (tertiary/aromatic N) is 5. The van der Waals surface area contributed by atoms with Crippen LogP contribution in [0.2, 0.25) is 0 Å². The lowest BCUT2D eigenvalue weighted by molar-refractivity contribution is 0.693. The molecule has 0 aromatic carbocycles. The van der Waals surface area contributed by atoms with Crippen molar-refractivity contribution in [2.75, 3.05) is 23.3 Å². The van der Waals surface area contributed by atoms with Crippen LogP contribution in [0.4, 0.5) is 11.8 Å². The Bertz CT molecular complexity index is 687. The zero-order valence-corrected chi connectivity index (χ0v) is 13.5. The Labute approximate surface area is 130 Å². The number of aryl methyl sites for hydroxylation is 1. The van der Waals surface area contributed by atoms with Gasteiger partial charge in [-0.25, -0.2) is 9.67 Å². The molecule has 0 amide bonds. The van der Waals surface area contributed by atoms with E-state index in [4.69, 9.17) is 4.98 Å². The molecule has 0 unspecified atom stereocenters. The van der Waals surface area contributed by atoms with Crippen LogP contribution in [0.5, 0.6) is 0 Å². The summed E-state index contributed by atoms with van der Waals surface area (Å²) >= 11 is 0. The maximum Gasteiger partial charge on any atom is 0.224 e. The largest absolute Gasteiger partial charge is 0.354 e. The molecule has 3 heterocycles. The number of nitrogens with one attached hydrogen (secondary N) is 1. The minimum atomic E-state index is 0.349. The van der Waals surface area contributed by atoms with Gasteiger partial charge >= 0.3 is 0 Å². The highest BCUT2D eigenvalue weighted by atomic mass is 15.3. The molecular formula is C16H22N6. The van der Waals surface area contributed by atoms with Crippen molar-refractivity contribution in [2.45, 2.75) is 33.7 Å². The van der Waals surface area contributed by atoms with Gasteiger partial charge < -0.3 is 10.2 Å². The van der Waals surface area contributed by atoms with Crippen LogP contribution < -0.4 is 10.2 Å². The first-order chi connectivity index (χ1) is 10.6. The molecule has 0 bridgehead atoms. The molecule has 2 aromatic rings. The monoisotopic (exact) mass is 298 g/mol. The number of hydrogen-bond donors (Lipinski definition) is 1. The van der Waals surface area contributed by atoms with Gasteiger partial charge in [0.15, 0.2) is 0 Å². The lowest BCUT2D eigenvalue weighted by Crippen LogP contribution is -2.37. The normalized spacial score (nSPS) is 14.0. The highest BCUT2D eigenvalue weighted by molar-refractivity contribution is 5.84. The van der Waals surface area contributed by atoms with Crippen LogP contribution in [0.3, 0.4) is 0 Å². The molecule has 0 aliphatic carbocycles. The van der Waals surface area contributed by atoms with Crippen LogP contribution in [0, 0.1) is 6.92 Å². The van der Waals surface area contributed by atoms with E-state index in [1.807, 2.05) is 30.8 Å². The van der Waals surface area contributed by atoms with Gasteiger partial charge in [-0.2, -0.15) is 10.1 Å². The highest BCUT2D eigenvalue weighted by Gasteiger charge is 2.25. The fourth-order valence-corrected chi connectivity index (χ4v) is 2.66. The number of hydrogen-bond acceptors (Lipinski definition) is 5.